The molecule has 0 aliphatic carbocycles. The fourth-order valence-corrected chi connectivity index (χ4v) is 2.31. The van der Waals surface area contributed by atoms with Crippen molar-refractivity contribution >= 4 is 23.8 Å². The molecule has 0 aromatic carbocycles. The summed E-state index contributed by atoms with van der Waals surface area (Å²) in [7, 11) is 0. The molecular weight excluding hydrogens is 316 g/mol. The summed E-state index contributed by atoms with van der Waals surface area (Å²) in [4.78, 5) is 25.4. The molecule has 5 nitrogen and oxygen atoms in total. The Morgan fingerprint density at radius 3 is 2.35 bits per heavy atom. The Bertz CT molecular complexity index is 351. The number of nitrogens with one attached hydrogen (secondary N) is 2. The Labute approximate surface area is 145 Å². The van der Waals surface area contributed by atoms with E-state index in [0.717, 1.165) is 32.1 Å². The third-order valence-electron chi connectivity index (χ3n) is 3.90. The molecule has 2 amide bonds. The van der Waals surface area contributed by atoms with E-state index in [9.17, 15) is 9.59 Å². The number of carbonyl (C=O) groups excluding carboxylic acids is 2. The molecule has 0 fully saturated rings. The number of hydrogen-bond acceptors (Lipinski definition) is 3. The van der Waals surface area contributed by atoms with Crippen molar-refractivity contribution in [1.29, 1.82) is 0 Å². The Kier molecular flexibility index (Phi) is 13.6. The van der Waals surface area contributed by atoms with Crippen molar-refractivity contribution in [3.05, 3.63) is 12.7 Å². The van der Waals surface area contributed by atoms with Crippen LogP contribution in [0.15, 0.2) is 12.7 Å². The zero-order valence-electron chi connectivity index (χ0n) is 14.4. The van der Waals surface area contributed by atoms with Crippen LogP contribution in [-0.4, -0.2) is 24.6 Å². The second-order valence-electron chi connectivity index (χ2n) is 5.80. The number of amides is 2. The lowest BCUT2D eigenvalue weighted by atomic mass is 9.99. The van der Waals surface area contributed by atoms with Crippen LogP contribution in [0.2, 0.25) is 0 Å². The van der Waals surface area contributed by atoms with Crippen LogP contribution in [0, 0.1) is 5.92 Å². The van der Waals surface area contributed by atoms with Gasteiger partial charge in [-0.1, -0.05) is 52.0 Å². The lowest BCUT2D eigenvalue weighted by Crippen LogP contribution is -2.48. The quantitative estimate of drug-likeness (QED) is 0.296. The standard InChI is InChI=1S/C17H31ClN2O3/c1-4-6-7-8-9-10-11-12-13-23-17(22)19-15(14(3)5-2)16(21)20-18/h4,14-15H,1,5-13H2,2-3H3,(H,19,22)(H,20,21). The van der Waals surface area contributed by atoms with Gasteiger partial charge in [-0.05, 0) is 25.2 Å². The third kappa shape index (κ3) is 11.0. The summed E-state index contributed by atoms with van der Waals surface area (Å²) in [6.07, 6.45) is 9.85. The highest BCUT2D eigenvalue weighted by Crippen LogP contribution is 2.09. The Morgan fingerprint density at radius 2 is 1.78 bits per heavy atom. The lowest BCUT2D eigenvalue weighted by molar-refractivity contribution is -0.122. The predicted octanol–water partition coefficient (Wildman–Crippen LogP) is 4.31. The number of carbonyl (C=O) groups is 2. The fraction of sp³-hybridized carbons (Fsp3) is 0.765. The summed E-state index contributed by atoms with van der Waals surface area (Å²) in [6, 6.07) is -0.671. The SMILES string of the molecule is C=CCCCCCCCCOC(=O)NC(C(=O)NCl)C(C)CC. The zero-order chi connectivity index (χ0) is 17.5. The smallest absolute Gasteiger partial charge is 0.407 e. The van der Waals surface area contributed by atoms with Crippen LogP contribution in [0.3, 0.4) is 0 Å². The minimum absolute atomic E-state index is 0.0168. The maximum absolute atomic E-state index is 11.7. The minimum Gasteiger partial charge on any atom is -0.450 e. The lowest BCUT2D eigenvalue weighted by Gasteiger charge is -2.21. The first-order valence-corrected chi connectivity index (χ1v) is 8.89. The van der Waals surface area contributed by atoms with E-state index in [1.165, 1.54) is 19.3 Å². The van der Waals surface area contributed by atoms with Gasteiger partial charge in [-0.3, -0.25) is 9.63 Å². The van der Waals surface area contributed by atoms with Gasteiger partial charge in [-0.15, -0.1) is 6.58 Å². The van der Waals surface area contributed by atoms with Crippen LogP contribution in [0.4, 0.5) is 4.79 Å². The molecule has 2 N–H and O–H groups in total. The molecule has 0 aliphatic heterocycles. The van der Waals surface area contributed by atoms with E-state index in [4.69, 9.17) is 16.5 Å². The molecule has 2 unspecified atom stereocenters. The topological polar surface area (TPSA) is 67.4 Å². The molecule has 0 saturated carbocycles. The molecule has 0 heterocycles. The minimum atomic E-state index is -0.671. The highest BCUT2D eigenvalue weighted by Gasteiger charge is 2.25. The molecule has 23 heavy (non-hydrogen) atoms. The molecule has 0 aromatic heterocycles. The van der Waals surface area contributed by atoms with Gasteiger partial charge in [0.2, 0.25) is 0 Å². The molecular formula is C17H31ClN2O3. The second-order valence-corrected chi connectivity index (χ2v) is 5.99. The van der Waals surface area contributed by atoms with Gasteiger partial charge in [-0.2, -0.15) is 0 Å². The van der Waals surface area contributed by atoms with Gasteiger partial charge >= 0.3 is 6.09 Å². The summed E-state index contributed by atoms with van der Waals surface area (Å²) in [6.45, 7) is 7.89. The molecule has 0 radical (unpaired) electrons. The van der Waals surface area contributed by atoms with Crippen LogP contribution >= 0.6 is 11.8 Å². The van der Waals surface area contributed by atoms with Gasteiger partial charge in [0.25, 0.3) is 5.91 Å². The number of allylic oxidation sites excluding steroid dienone is 1. The van der Waals surface area contributed by atoms with E-state index in [-0.39, 0.29) is 5.92 Å². The summed E-state index contributed by atoms with van der Waals surface area (Å²) in [5.74, 6) is -0.436. The van der Waals surface area contributed by atoms with E-state index in [2.05, 4.69) is 11.9 Å². The molecule has 0 aromatic rings. The number of halogens is 1. The Hall–Kier alpha value is -1.23. The van der Waals surface area contributed by atoms with Crippen LogP contribution < -0.4 is 10.2 Å². The summed E-state index contributed by atoms with van der Waals surface area (Å²) in [5.41, 5.74) is 0. The van der Waals surface area contributed by atoms with Crippen LogP contribution in [0.25, 0.3) is 0 Å². The van der Waals surface area contributed by atoms with E-state index in [0.29, 0.717) is 6.61 Å². The van der Waals surface area contributed by atoms with Gasteiger partial charge in [0.1, 0.15) is 6.04 Å². The van der Waals surface area contributed by atoms with Crippen LogP contribution in [0.5, 0.6) is 0 Å². The molecule has 2 atom stereocenters. The van der Waals surface area contributed by atoms with E-state index >= 15 is 0 Å². The summed E-state index contributed by atoms with van der Waals surface area (Å²) < 4.78 is 5.12. The number of rotatable bonds is 13. The van der Waals surface area contributed by atoms with E-state index < -0.39 is 18.0 Å². The monoisotopic (exact) mass is 346 g/mol. The van der Waals surface area contributed by atoms with Gasteiger partial charge in [0, 0.05) is 11.8 Å². The van der Waals surface area contributed by atoms with E-state index in [1.807, 2.05) is 24.8 Å². The average Bonchev–Trinajstić information content (AvgIpc) is 2.56. The summed E-state index contributed by atoms with van der Waals surface area (Å²) in [5, 5.41) is 2.58. The first-order valence-electron chi connectivity index (χ1n) is 8.51. The highest BCUT2D eigenvalue weighted by molar-refractivity contribution is 6.22. The van der Waals surface area contributed by atoms with Crippen molar-refractivity contribution < 1.29 is 14.3 Å². The van der Waals surface area contributed by atoms with Crippen molar-refractivity contribution in [3.8, 4) is 0 Å². The predicted molar refractivity (Wildman–Crippen MR) is 94.2 cm³/mol. The van der Waals surface area contributed by atoms with Gasteiger partial charge in [0.15, 0.2) is 0 Å². The zero-order valence-corrected chi connectivity index (χ0v) is 15.2. The molecule has 0 aliphatic rings. The molecule has 0 spiro atoms. The van der Waals surface area contributed by atoms with Crippen LogP contribution in [0.1, 0.15) is 65.2 Å². The number of ether oxygens (including phenoxy) is 1. The number of hydrogen-bond donors (Lipinski definition) is 2. The molecule has 0 rings (SSSR count). The Morgan fingerprint density at radius 1 is 1.17 bits per heavy atom. The van der Waals surface area contributed by atoms with Gasteiger partial charge in [0.05, 0.1) is 6.61 Å². The Balaban J connectivity index is 3.79. The molecule has 0 bridgehead atoms. The summed E-state index contributed by atoms with van der Waals surface area (Å²) >= 11 is 5.34. The van der Waals surface area contributed by atoms with Crippen molar-refractivity contribution in [2.75, 3.05) is 6.61 Å². The normalized spacial score (nSPS) is 13.0. The largest absolute Gasteiger partial charge is 0.450 e. The van der Waals surface area contributed by atoms with E-state index in [1.54, 1.807) is 0 Å². The third-order valence-corrected chi connectivity index (χ3v) is 4.08. The van der Waals surface area contributed by atoms with Crippen LogP contribution in [-0.2, 0) is 9.53 Å². The van der Waals surface area contributed by atoms with Crippen molar-refractivity contribution in [2.45, 2.75) is 71.3 Å². The number of alkyl carbamates (subject to hydrolysis) is 1. The molecule has 0 saturated heterocycles. The van der Waals surface area contributed by atoms with Crippen molar-refractivity contribution in [1.82, 2.24) is 10.2 Å². The first kappa shape index (κ1) is 21.8. The highest BCUT2D eigenvalue weighted by atomic mass is 35.5. The fourth-order valence-electron chi connectivity index (χ4n) is 2.19. The average molecular weight is 347 g/mol. The molecule has 134 valence electrons. The maximum Gasteiger partial charge on any atom is 0.407 e. The van der Waals surface area contributed by atoms with Crippen molar-refractivity contribution in [2.24, 2.45) is 5.92 Å². The number of unbranched alkanes of at least 4 members (excludes halogenated alkanes) is 6. The van der Waals surface area contributed by atoms with Crippen molar-refractivity contribution in [3.63, 3.8) is 0 Å². The van der Waals surface area contributed by atoms with Gasteiger partial charge in [-0.25, -0.2) is 4.79 Å². The van der Waals surface area contributed by atoms with Gasteiger partial charge < -0.3 is 10.1 Å². The first-order chi connectivity index (χ1) is 11.1. The second kappa shape index (κ2) is 14.4. The maximum atomic E-state index is 11.7. The molecule has 6 heteroatoms.